The van der Waals surface area contributed by atoms with E-state index in [2.05, 4.69) is 36.1 Å². The summed E-state index contributed by atoms with van der Waals surface area (Å²) in [7, 11) is 0. The lowest BCUT2D eigenvalue weighted by molar-refractivity contribution is -0.119. The number of carbonyl (C=O) groups is 1. The van der Waals surface area contributed by atoms with Crippen molar-refractivity contribution in [3.63, 3.8) is 0 Å². The molecule has 0 atom stereocenters. The quantitative estimate of drug-likeness (QED) is 0.839. The molecule has 7 heteroatoms. The molecule has 1 amide bonds. The zero-order valence-electron chi connectivity index (χ0n) is 10.1. The number of piperidine rings is 1. The molecule has 0 spiro atoms. The smallest absolute Gasteiger partial charge is 0.267 e. The molecule has 0 bridgehead atoms. The first kappa shape index (κ1) is 13.1. The number of hydrogen-bond acceptors (Lipinski definition) is 4. The van der Waals surface area contributed by atoms with Crippen molar-refractivity contribution in [1.29, 1.82) is 0 Å². The second-order valence-corrected chi connectivity index (χ2v) is 5.12. The molecule has 98 valence electrons. The second kappa shape index (κ2) is 5.51. The molecule has 0 saturated carbocycles. The largest absolute Gasteiger partial charge is 0.355 e. The summed E-state index contributed by atoms with van der Waals surface area (Å²) in [5.41, 5.74) is -0.177. The van der Waals surface area contributed by atoms with Crippen LogP contribution in [0.15, 0.2) is 15.6 Å². The normalized spacial score (nSPS) is 16.7. The highest BCUT2D eigenvalue weighted by atomic mass is 79.9. The fourth-order valence-electron chi connectivity index (χ4n) is 2.12. The van der Waals surface area contributed by atoms with E-state index in [1.807, 2.05) is 0 Å². The highest BCUT2D eigenvalue weighted by Gasteiger charge is 2.22. The predicted octanol–water partition coefficient (Wildman–Crippen LogP) is 0.637. The summed E-state index contributed by atoms with van der Waals surface area (Å²) < 4.78 is 0.461. The number of anilines is 1. The standard InChI is InChI=1S/C11H15BrN4O2/c1-7(17)15-8-2-4-16(5-3-8)10-9(12)11(18)14-6-13-10/h6,8H,2-5H2,1H3,(H,15,17)(H,13,14,18). The van der Waals surface area contributed by atoms with Gasteiger partial charge in [-0.05, 0) is 28.8 Å². The number of aromatic nitrogens is 2. The minimum atomic E-state index is -0.177. The van der Waals surface area contributed by atoms with E-state index in [9.17, 15) is 9.59 Å². The van der Waals surface area contributed by atoms with E-state index >= 15 is 0 Å². The molecule has 2 rings (SSSR count). The van der Waals surface area contributed by atoms with Crippen LogP contribution in [0, 0.1) is 0 Å². The molecule has 1 aromatic rings. The molecule has 2 N–H and O–H groups in total. The van der Waals surface area contributed by atoms with Gasteiger partial charge in [0, 0.05) is 26.1 Å². The van der Waals surface area contributed by atoms with Gasteiger partial charge in [0.05, 0.1) is 6.33 Å². The van der Waals surface area contributed by atoms with E-state index in [0.29, 0.717) is 10.3 Å². The van der Waals surface area contributed by atoms with Crippen molar-refractivity contribution in [2.24, 2.45) is 0 Å². The summed E-state index contributed by atoms with van der Waals surface area (Å²) in [4.78, 5) is 31.2. The Morgan fingerprint density at radius 3 is 2.83 bits per heavy atom. The average Bonchev–Trinajstić information content (AvgIpc) is 2.33. The van der Waals surface area contributed by atoms with E-state index in [4.69, 9.17) is 0 Å². The third-order valence-electron chi connectivity index (χ3n) is 2.98. The number of aromatic amines is 1. The number of carbonyl (C=O) groups excluding carboxylic acids is 1. The maximum atomic E-state index is 11.5. The van der Waals surface area contributed by atoms with E-state index in [0.717, 1.165) is 25.9 Å². The van der Waals surface area contributed by atoms with Crippen molar-refractivity contribution >= 4 is 27.7 Å². The van der Waals surface area contributed by atoms with Crippen molar-refractivity contribution in [3.05, 3.63) is 21.2 Å². The molecular weight excluding hydrogens is 300 g/mol. The van der Waals surface area contributed by atoms with Crippen LogP contribution >= 0.6 is 15.9 Å². The van der Waals surface area contributed by atoms with Crippen molar-refractivity contribution in [2.75, 3.05) is 18.0 Å². The van der Waals surface area contributed by atoms with Crippen molar-refractivity contribution in [3.8, 4) is 0 Å². The molecule has 1 aliphatic rings. The first-order valence-corrected chi connectivity index (χ1v) is 6.62. The number of rotatable bonds is 2. The maximum Gasteiger partial charge on any atom is 0.267 e. The summed E-state index contributed by atoms with van der Waals surface area (Å²) in [6.07, 6.45) is 3.13. The second-order valence-electron chi connectivity index (χ2n) is 4.33. The van der Waals surface area contributed by atoms with Gasteiger partial charge in [0.1, 0.15) is 10.3 Å². The van der Waals surface area contributed by atoms with Gasteiger partial charge >= 0.3 is 0 Å². The van der Waals surface area contributed by atoms with Crippen LogP contribution < -0.4 is 15.8 Å². The van der Waals surface area contributed by atoms with Gasteiger partial charge < -0.3 is 15.2 Å². The highest BCUT2D eigenvalue weighted by Crippen LogP contribution is 2.22. The number of hydrogen-bond donors (Lipinski definition) is 2. The van der Waals surface area contributed by atoms with E-state index in [1.165, 1.54) is 13.3 Å². The minimum Gasteiger partial charge on any atom is -0.355 e. The topological polar surface area (TPSA) is 78.1 Å². The number of H-pyrrole nitrogens is 1. The molecule has 0 aromatic carbocycles. The first-order valence-electron chi connectivity index (χ1n) is 5.83. The van der Waals surface area contributed by atoms with Crippen LogP contribution in [0.25, 0.3) is 0 Å². The van der Waals surface area contributed by atoms with Gasteiger partial charge in [-0.3, -0.25) is 9.59 Å². The van der Waals surface area contributed by atoms with E-state index < -0.39 is 0 Å². The van der Waals surface area contributed by atoms with E-state index in [1.54, 1.807) is 0 Å². The van der Waals surface area contributed by atoms with Crippen LogP contribution in [-0.2, 0) is 4.79 Å². The third kappa shape index (κ3) is 2.90. The van der Waals surface area contributed by atoms with Crippen LogP contribution in [0.5, 0.6) is 0 Å². The molecule has 1 aromatic heterocycles. The van der Waals surface area contributed by atoms with Gasteiger partial charge in [0.15, 0.2) is 0 Å². The summed E-state index contributed by atoms with van der Waals surface area (Å²) in [5.74, 6) is 0.670. The average molecular weight is 315 g/mol. The van der Waals surface area contributed by atoms with Crippen molar-refractivity contribution in [2.45, 2.75) is 25.8 Å². The first-order chi connectivity index (χ1) is 8.58. The summed E-state index contributed by atoms with van der Waals surface area (Å²) >= 11 is 3.25. The lowest BCUT2D eigenvalue weighted by Gasteiger charge is -2.33. The number of nitrogens with one attached hydrogen (secondary N) is 2. The Balaban J connectivity index is 2.03. The molecule has 0 radical (unpaired) electrons. The van der Waals surface area contributed by atoms with Crippen LogP contribution in [-0.4, -0.2) is 35.0 Å². The number of halogens is 1. The van der Waals surface area contributed by atoms with Crippen molar-refractivity contribution < 1.29 is 4.79 Å². The molecule has 6 nitrogen and oxygen atoms in total. The number of amides is 1. The molecule has 18 heavy (non-hydrogen) atoms. The number of nitrogens with zero attached hydrogens (tertiary/aromatic N) is 2. The predicted molar refractivity (Wildman–Crippen MR) is 71.6 cm³/mol. The zero-order chi connectivity index (χ0) is 13.1. The Morgan fingerprint density at radius 2 is 2.22 bits per heavy atom. The SMILES string of the molecule is CC(=O)NC1CCN(c2nc[nH]c(=O)c2Br)CC1. The monoisotopic (exact) mass is 314 g/mol. The molecule has 1 fully saturated rings. The molecule has 1 saturated heterocycles. The molecule has 2 heterocycles. The minimum absolute atomic E-state index is 0.00362. The lowest BCUT2D eigenvalue weighted by Crippen LogP contribution is -2.44. The third-order valence-corrected chi connectivity index (χ3v) is 3.69. The van der Waals surface area contributed by atoms with Gasteiger partial charge in [-0.2, -0.15) is 0 Å². The summed E-state index contributed by atoms with van der Waals surface area (Å²) in [6.45, 7) is 3.08. The Hall–Kier alpha value is -1.37. The van der Waals surface area contributed by atoms with Crippen LogP contribution in [0.4, 0.5) is 5.82 Å². The fourth-order valence-corrected chi connectivity index (χ4v) is 2.58. The van der Waals surface area contributed by atoms with Crippen molar-refractivity contribution in [1.82, 2.24) is 15.3 Å². The van der Waals surface area contributed by atoms with E-state index in [-0.39, 0.29) is 17.5 Å². The summed E-state index contributed by atoms with van der Waals surface area (Å²) in [5, 5.41) is 2.91. The highest BCUT2D eigenvalue weighted by molar-refractivity contribution is 9.10. The van der Waals surface area contributed by atoms with Gasteiger partial charge in [-0.1, -0.05) is 0 Å². The fraction of sp³-hybridized carbons (Fsp3) is 0.545. The van der Waals surface area contributed by atoms with Gasteiger partial charge in [-0.25, -0.2) is 4.98 Å². The molecule has 0 aliphatic carbocycles. The zero-order valence-corrected chi connectivity index (χ0v) is 11.7. The molecular formula is C11H15BrN4O2. The van der Waals surface area contributed by atoms with Gasteiger partial charge in [-0.15, -0.1) is 0 Å². The Morgan fingerprint density at radius 1 is 1.56 bits per heavy atom. The summed E-state index contributed by atoms with van der Waals surface area (Å²) in [6, 6.07) is 0.222. The van der Waals surface area contributed by atoms with Gasteiger partial charge in [0.25, 0.3) is 5.56 Å². The maximum absolute atomic E-state index is 11.5. The van der Waals surface area contributed by atoms with Gasteiger partial charge in [0.2, 0.25) is 5.91 Å². The molecule has 0 unspecified atom stereocenters. The lowest BCUT2D eigenvalue weighted by atomic mass is 10.1. The van der Waals surface area contributed by atoms with Crippen LogP contribution in [0.1, 0.15) is 19.8 Å². The Bertz CT molecular complexity index is 494. The Kier molecular flexibility index (Phi) is 4.00. The molecule has 1 aliphatic heterocycles. The van der Waals surface area contributed by atoms with Crippen LogP contribution in [0.2, 0.25) is 0 Å². The Labute approximate surface area is 113 Å². The van der Waals surface area contributed by atoms with Crippen LogP contribution in [0.3, 0.4) is 0 Å².